The SMILES string of the molecule is Cc1ccc(NC(=O)CN2N=N[C@@H]3C(=O)N(c4ccc(C)c(C)c4)C(=O)[C@@H]32)cc1. The first-order valence-corrected chi connectivity index (χ1v) is 9.34. The normalized spacial score (nSPS) is 20.4. The highest BCUT2D eigenvalue weighted by atomic mass is 16.2. The molecule has 2 atom stereocenters. The zero-order valence-electron chi connectivity index (χ0n) is 16.4. The van der Waals surface area contributed by atoms with E-state index in [0.717, 1.165) is 21.6 Å². The molecule has 29 heavy (non-hydrogen) atoms. The second kappa shape index (κ2) is 7.12. The lowest BCUT2D eigenvalue weighted by Crippen LogP contribution is -2.43. The summed E-state index contributed by atoms with van der Waals surface area (Å²) in [5.41, 5.74) is 4.30. The first-order valence-electron chi connectivity index (χ1n) is 9.34. The van der Waals surface area contributed by atoms with Crippen LogP contribution in [0.5, 0.6) is 0 Å². The number of amides is 3. The van der Waals surface area contributed by atoms with E-state index in [2.05, 4.69) is 15.7 Å². The number of hydrogen-bond acceptors (Lipinski definition) is 6. The number of carbonyl (C=O) groups excluding carboxylic acids is 3. The average Bonchev–Trinajstić information content (AvgIpc) is 3.20. The lowest BCUT2D eigenvalue weighted by Gasteiger charge is -2.20. The largest absolute Gasteiger partial charge is 0.324 e. The van der Waals surface area contributed by atoms with Crippen LogP contribution in [0.15, 0.2) is 52.8 Å². The molecule has 0 aromatic heterocycles. The quantitative estimate of drug-likeness (QED) is 0.811. The zero-order valence-corrected chi connectivity index (χ0v) is 16.4. The highest BCUT2D eigenvalue weighted by Crippen LogP contribution is 2.32. The number of nitrogens with one attached hydrogen (secondary N) is 1. The molecule has 3 amide bonds. The Morgan fingerprint density at radius 3 is 2.41 bits per heavy atom. The van der Waals surface area contributed by atoms with Gasteiger partial charge in [-0.2, -0.15) is 5.11 Å². The Morgan fingerprint density at radius 1 is 1.00 bits per heavy atom. The van der Waals surface area contributed by atoms with E-state index in [-0.39, 0.29) is 12.5 Å². The van der Waals surface area contributed by atoms with Crippen LogP contribution in [0.25, 0.3) is 0 Å². The smallest absolute Gasteiger partial charge is 0.263 e. The van der Waals surface area contributed by atoms with Crippen molar-refractivity contribution in [3.63, 3.8) is 0 Å². The second-order valence-electron chi connectivity index (χ2n) is 7.39. The standard InChI is InChI=1S/C21H21N5O3/c1-12-4-7-15(8-5-12)22-17(27)11-25-19-18(23-24-25)20(28)26(21(19)29)16-9-6-13(2)14(3)10-16/h4-10,18-19H,11H2,1-3H3,(H,22,27)/t18-,19+/m0/s1. The number of nitrogens with zero attached hydrogens (tertiary/aromatic N) is 4. The van der Waals surface area contributed by atoms with Crippen molar-refractivity contribution in [2.24, 2.45) is 10.3 Å². The van der Waals surface area contributed by atoms with Crippen LogP contribution in [-0.4, -0.2) is 41.4 Å². The molecule has 1 fully saturated rings. The Bertz CT molecular complexity index is 1030. The third kappa shape index (κ3) is 3.37. The Morgan fingerprint density at radius 2 is 1.72 bits per heavy atom. The minimum Gasteiger partial charge on any atom is -0.324 e. The number of benzene rings is 2. The van der Waals surface area contributed by atoms with E-state index in [1.165, 1.54) is 5.01 Å². The van der Waals surface area contributed by atoms with Crippen molar-refractivity contribution in [1.29, 1.82) is 0 Å². The van der Waals surface area contributed by atoms with E-state index in [0.29, 0.717) is 11.4 Å². The van der Waals surface area contributed by atoms with Crippen molar-refractivity contribution < 1.29 is 14.4 Å². The minimum atomic E-state index is -0.920. The van der Waals surface area contributed by atoms with Crippen LogP contribution in [0.3, 0.4) is 0 Å². The van der Waals surface area contributed by atoms with Gasteiger partial charge in [0.25, 0.3) is 11.8 Å². The lowest BCUT2D eigenvalue weighted by atomic mass is 10.1. The molecule has 0 bridgehead atoms. The van der Waals surface area contributed by atoms with E-state index in [1.807, 2.05) is 39.0 Å². The van der Waals surface area contributed by atoms with E-state index >= 15 is 0 Å². The average molecular weight is 391 g/mol. The van der Waals surface area contributed by atoms with Crippen molar-refractivity contribution in [3.8, 4) is 0 Å². The minimum absolute atomic E-state index is 0.168. The fourth-order valence-electron chi connectivity index (χ4n) is 3.46. The molecule has 2 aromatic carbocycles. The summed E-state index contributed by atoms with van der Waals surface area (Å²) in [7, 11) is 0. The number of aryl methyl sites for hydroxylation is 3. The lowest BCUT2D eigenvalue weighted by molar-refractivity contribution is -0.123. The van der Waals surface area contributed by atoms with Crippen LogP contribution in [0.4, 0.5) is 11.4 Å². The molecule has 0 unspecified atom stereocenters. The van der Waals surface area contributed by atoms with Gasteiger partial charge < -0.3 is 5.32 Å². The molecule has 0 saturated carbocycles. The predicted octanol–water partition coefficient (Wildman–Crippen LogP) is 2.54. The molecule has 148 valence electrons. The molecule has 8 nitrogen and oxygen atoms in total. The Kier molecular flexibility index (Phi) is 4.62. The van der Waals surface area contributed by atoms with Gasteiger partial charge in [0.15, 0.2) is 12.1 Å². The number of hydrogen-bond donors (Lipinski definition) is 1. The molecular weight excluding hydrogens is 370 g/mol. The third-order valence-electron chi connectivity index (χ3n) is 5.25. The molecule has 2 aromatic rings. The van der Waals surface area contributed by atoms with Gasteiger partial charge in [-0.25, -0.2) is 4.90 Å². The highest BCUT2D eigenvalue weighted by Gasteiger charge is 2.55. The van der Waals surface area contributed by atoms with Gasteiger partial charge in [-0.15, -0.1) is 0 Å². The molecule has 1 saturated heterocycles. The van der Waals surface area contributed by atoms with Gasteiger partial charge in [0, 0.05) is 5.69 Å². The summed E-state index contributed by atoms with van der Waals surface area (Å²) in [5.74, 6) is -1.18. The van der Waals surface area contributed by atoms with Crippen LogP contribution in [0.2, 0.25) is 0 Å². The van der Waals surface area contributed by atoms with Gasteiger partial charge in [-0.1, -0.05) is 29.0 Å². The van der Waals surface area contributed by atoms with E-state index in [4.69, 9.17) is 0 Å². The maximum atomic E-state index is 13.0. The first-order chi connectivity index (χ1) is 13.8. The van der Waals surface area contributed by atoms with Crippen molar-refractivity contribution in [1.82, 2.24) is 5.01 Å². The van der Waals surface area contributed by atoms with Crippen LogP contribution < -0.4 is 10.2 Å². The first kappa shape index (κ1) is 18.8. The summed E-state index contributed by atoms with van der Waals surface area (Å²) in [4.78, 5) is 39.3. The molecule has 0 radical (unpaired) electrons. The molecule has 8 heteroatoms. The van der Waals surface area contributed by atoms with Gasteiger partial charge in [0.2, 0.25) is 5.91 Å². The number of fused-ring (bicyclic) bond motifs is 1. The van der Waals surface area contributed by atoms with E-state index < -0.39 is 23.9 Å². The Labute approximate surface area is 168 Å². The van der Waals surface area contributed by atoms with Crippen LogP contribution >= 0.6 is 0 Å². The molecule has 2 aliphatic heterocycles. The Balaban J connectivity index is 1.49. The number of carbonyl (C=O) groups is 3. The summed E-state index contributed by atoms with van der Waals surface area (Å²) in [6, 6.07) is 11.0. The monoisotopic (exact) mass is 391 g/mol. The number of imide groups is 1. The van der Waals surface area contributed by atoms with Crippen LogP contribution in [0.1, 0.15) is 16.7 Å². The second-order valence-corrected chi connectivity index (χ2v) is 7.39. The molecule has 1 N–H and O–H groups in total. The summed E-state index contributed by atoms with van der Waals surface area (Å²) in [5, 5.41) is 11.9. The molecule has 0 spiro atoms. The van der Waals surface area contributed by atoms with Crippen molar-refractivity contribution >= 4 is 29.1 Å². The van der Waals surface area contributed by atoms with Gasteiger partial charge in [-0.05, 0) is 56.2 Å². The van der Waals surface area contributed by atoms with Crippen molar-refractivity contribution in [2.45, 2.75) is 32.9 Å². The highest BCUT2D eigenvalue weighted by molar-refractivity contribution is 6.25. The molecule has 0 aliphatic carbocycles. The summed E-state index contributed by atoms with van der Waals surface area (Å²) >= 11 is 0. The topological polar surface area (TPSA) is 94.4 Å². The molecule has 2 aliphatic rings. The van der Waals surface area contributed by atoms with E-state index in [9.17, 15) is 14.4 Å². The van der Waals surface area contributed by atoms with Gasteiger partial charge in [0.1, 0.15) is 6.54 Å². The number of rotatable bonds is 4. The third-order valence-corrected chi connectivity index (χ3v) is 5.25. The van der Waals surface area contributed by atoms with Gasteiger partial charge in [-0.3, -0.25) is 19.4 Å². The van der Waals surface area contributed by atoms with Crippen molar-refractivity contribution in [2.75, 3.05) is 16.8 Å². The fraction of sp³-hybridized carbons (Fsp3) is 0.286. The summed E-state index contributed by atoms with van der Waals surface area (Å²) < 4.78 is 0. The van der Waals surface area contributed by atoms with Crippen LogP contribution in [-0.2, 0) is 14.4 Å². The fourth-order valence-corrected chi connectivity index (χ4v) is 3.46. The summed E-state index contributed by atoms with van der Waals surface area (Å²) in [6.07, 6.45) is 0. The van der Waals surface area contributed by atoms with Gasteiger partial charge >= 0.3 is 0 Å². The van der Waals surface area contributed by atoms with Crippen LogP contribution in [0, 0.1) is 20.8 Å². The molecule has 2 heterocycles. The maximum absolute atomic E-state index is 13.0. The van der Waals surface area contributed by atoms with Crippen molar-refractivity contribution in [3.05, 3.63) is 59.2 Å². The summed E-state index contributed by atoms with van der Waals surface area (Å²) in [6.45, 7) is 5.68. The Hall–Kier alpha value is -3.55. The maximum Gasteiger partial charge on any atom is 0.263 e. The number of anilines is 2. The molecule has 4 rings (SSSR count). The predicted molar refractivity (Wildman–Crippen MR) is 107 cm³/mol. The van der Waals surface area contributed by atoms with Gasteiger partial charge in [0.05, 0.1) is 5.69 Å². The zero-order chi connectivity index (χ0) is 20.7. The van der Waals surface area contributed by atoms with E-state index in [1.54, 1.807) is 24.3 Å². The molecular formula is C21H21N5O3.